The molecule has 26 heavy (non-hydrogen) atoms. The molecule has 0 saturated carbocycles. The summed E-state index contributed by atoms with van der Waals surface area (Å²) in [5.74, 6) is -0.234. The Hall–Kier alpha value is -2.94. The Bertz CT molecular complexity index is 816. The third kappa shape index (κ3) is 5.28. The second-order valence-corrected chi connectivity index (χ2v) is 6.34. The topological polar surface area (TPSA) is 20.3 Å². The number of hydrogen-bond donors (Lipinski definition) is 0. The van der Waals surface area contributed by atoms with Gasteiger partial charge in [-0.05, 0) is 35.2 Å². The van der Waals surface area contributed by atoms with Crippen molar-refractivity contribution in [2.75, 3.05) is 6.54 Å². The molecule has 0 spiro atoms. The van der Waals surface area contributed by atoms with Crippen LogP contribution in [-0.4, -0.2) is 17.4 Å². The van der Waals surface area contributed by atoms with Gasteiger partial charge in [-0.3, -0.25) is 4.79 Å². The molecule has 0 atom stereocenters. The Labute approximate surface area is 153 Å². The molecule has 0 unspecified atom stereocenters. The van der Waals surface area contributed by atoms with Crippen LogP contribution < -0.4 is 0 Å². The van der Waals surface area contributed by atoms with Crippen molar-refractivity contribution in [1.82, 2.24) is 4.90 Å². The molecule has 0 radical (unpaired) electrons. The van der Waals surface area contributed by atoms with Gasteiger partial charge in [-0.15, -0.1) is 0 Å². The number of nitrogens with zero attached hydrogens (tertiary/aromatic N) is 1. The third-order valence-corrected chi connectivity index (χ3v) is 4.35. The first-order valence-corrected chi connectivity index (χ1v) is 8.81. The van der Waals surface area contributed by atoms with Gasteiger partial charge in [-0.2, -0.15) is 0 Å². The van der Waals surface area contributed by atoms with E-state index in [1.54, 1.807) is 12.1 Å². The lowest BCUT2D eigenvalue weighted by Crippen LogP contribution is -2.33. The number of carbonyl (C=O) groups is 1. The highest BCUT2D eigenvalue weighted by Crippen LogP contribution is 2.11. The summed E-state index contributed by atoms with van der Waals surface area (Å²) in [5, 5.41) is 0. The molecule has 3 heteroatoms. The molecule has 3 aromatic rings. The van der Waals surface area contributed by atoms with Crippen LogP contribution in [-0.2, 0) is 24.2 Å². The molecular formula is C23H22FNO. The van der Waals surface area contributed by atoms with Crippen LogP contribution in [0.25, 0.3) is 0 Å². The minimum Gasteiger partial charge on any atom is -0.338 e. The van der Waals surface area contributed by atoms with Crippen LogP contribution in [0.15, 0.2) is 84.9 Å². The van der Waals surface area contributed by atoms with Crippen LogP contribution in [0.5, 0.6) is 0 Å². The van der Waals surface area contributed by atoms with E-state index in [1.165, 1.54) is 17.7 Å². The molecule has 0 fully saturated rings. The second-order valence-electron chi connectivity index (χ2n) is 6.34. The van der Waals surface area contributed by atoms with E-state index in [0.29, 0.717) is 13.1 Å². The fourth-order valence-corrected chi connectivity index (χ4v) is 2.89. The summed E-state index contributed by atoms with van der Waals surface area (Å²) in [6.45, 7) is 1.23. The zero-order valence-electron chi connectivity index (χ0n) is 14.6. The van der Waals surface area contributed by atoms with Crippen LogP contribution in [0.4, 0.5) is 4.39 Å². The summed E-state index contributed by atoms with van der Waals surface area (Å²) in [7, 11) is 0. The molecule has 0 N–H and O–H groups in total. The van der Waals surface area contributed by atoms with Crippen molar-refractivity contribution in [2.45, 2.75) is 19.4 Å². The minimum absolute atomic E-state index is 0.0522. The van der Waals surface area contributed by atoms with Crippen molar-refractivity contribution in [3.8, 4) is 0 Å². The predicted octanol–water partition coefficient (Wildman–Crippen LogP) is 4.64. The molecule has 0 bridgehead atoms. The second kappa shape index (κ2) is 8.95. The molecular weight excluding hydrogens is 325 g/mol. The van der Waals surface area contributed by atoms with Gasteiger partial charge in [0.25, 0.3) is 0 Å². The van der Waals surface area contributed by atoms with E-state index in [4.69, 9.17) is 0 Å². The Morgan fingerprint density at radius 1 is 0.731 bits per heavy atom. The standard InChI is InChI=1S/C23H22FNO/c24-22-13-11-20(12-14-22)17-23(26)25(18-21-9-5-2-6-10-21)16-15-19-7-3-1-4-8-19/h1-14H,15-18H2. The number of benzene rings is 3. The van der Waals surface area contributed by atoms with Gasteiger partial charge in [0.2, 0.25) is 5.91 Å². The quantitative estimate of drug-likeness (QED) is 0.610. The highest BCUT2D eigenvalue weighted by molar-refractivity contribution is 5.78. The average Bonchev–Trinajstić information content (AvgIpc) is 2.68. The van der Waals surface area contributed by atoms with Crippen LogP contribution in [0, 0.1) is 5.82 Å². The van der Waals surface area contributed by atoms with Crippen LogP contribution >= 0.6 is 0 Å². The van der Waals surface area contributed by atoms with E-state index >= 15 is 0 Å². The van der Waals surface area contributed by atoms with E-state index in [0.717, 1.165) is 17.5 Å². The number of rotatable bonds is 7. The van der Waals surface area contributed by atoms with Crippen LogP contribution in [0.2, 0.25) is 0 Å². The Morgan fingerprint density at radius 3 is 1.92 bits per heavy atom. The summed E-state index contributed by atoms with van der Waals surface area (Å²) in [6, 6.07) is 26.3. The molecule has 1 amide bonds. The molecule has 0 aliphatic carbocycles. The van der Waals surface area contributed by atoms with Gasteiger partial charge in [0.05, 0.1) is 6.42 Å². The lowest BCUT2D eigenvalue weighted by molar-refractivity contribution is -0.131. The maximum atomic E-state index is 13.1. The van der Waals surface area contributed by atoms with Gasteiger partial charge in [0, 0.05) is 13.1 Å². The minimum atomic E-state index is -0.286. The van der Waals surface area contributed by atoms with Crippen molar-refractivity contribution < 1.29 is 9.18 Å². The van der Waals surface area contributed by atoms with Crippen molar-refractivity contribution in [3.63, 3.8) is 0 Å². The Kier molecular flexibility index (Phi) is 6.15. The maximum absolute atomic E-state index is 13.1. The molecule has 2 nitrogen and oxygen atoms in total. The zero-order chi connectivity index (χ0) is 18.2. The monoisotopic (exact) mass is 347 g/mol. The molecule has 0 aliphatic heterocycles. The van der Waals surface area contributed by atoms with E-state index in [9.17, 15) is 9.18 Å². The lowest BCUT2D eigenvalue weighted by Gasteiger charge is -2.23. The smallest absolute Gasteiger partial charge is 0.227 e. The van der Waals surface area contributed by atoms with Crippen molar-refractivity contribution >= 4 is 5.91 Å². The molecule has 0 aromatic heterocycles. The van der Waals surface area contributed by atoms with Crippen molar-refractivity contribution in [1.29, 1.82) is 0 Å². The van der Waals surface area contributed by atoms with E-state index in [1.807, 2.05) is 53.4 Å². The number of halogens is 1. The molecule has 3 rings (SSSR count). The van der Waals surface area contributed by atoms with Gasteiger partial charge >= 0.3 is 0 Å². The average molecular weight is 347 g/mol. The molecule has 0 heterocycles. The summed E-state index contributed by atoms with van der Waals surface area (Å²) in [4.78, 5) is 14.7. The number of hydrogen-bond acceptors (Lipinski definition) is 1. The Balaban J connectivity index is 1.70. The van der Waals surface area contributed by atoms with Crippen molar-refractivity contribution in [2.24, 2.45) is 0 Å². The summed E-state index contributed by atoms with van der Waals surface area (Å²) in [5.41, 5.74) is 3.14. The SMILES string of the molecule is O=C(Cc1ccc(F)cc1)N(CCc1ccccc1)Cc1ccccc1. The third-order valence-electron chi connectivity index (χ3n) is 4.35. The van der Waals surface area contributed by atoms with E-state index < -0.39 is 0 Å². The molecule has 132 valence electrons. The first-order chi connectivity index (χ1) is 12.7. The molecule has 3 aromatic carbocycles. The first-order valence-electron chi connectivity index (χ1n) is 8.81. The molecule has 0 saturated heterocycles. The van der Waals surface area contributed by atoms with Gasteiger partial charge in [-0.1, -0.05) is 72.8 Å². The lowest BCUT2D eigenvalue weighted by atomic mass is 10.1. The summed E-state index contributed by atoms with van der Waals surface area (Å²) < 4.78 is 13.1. The zero-order valence-corrected chi connectivity index (χ0v) is 14.6. The summed E-state index contributed by atoms with van der Waals surface area (Å²) in [6.07, 6.45) is 1.09. The maximum Gasteiger partial charge on any atom is 0.227 e. The van der Waals surface area contributed by atoms with Crippen LogP contribution in [0.1, 0.15) is 16.7 Å². The fraction of sp³-hybridized carbons (Fsp3) is 0.174. The van der Waals surface area contributed by atoms with Gasteiger partial charge in [0.1, 0.15) is 5.82 Å². The molecule has 0 aliphatic rings. The van der Waals surface area contributed by atoms with Crippen LogP contribution in [0.3, 0.4) is 0 Å². The highest BCUT2D eigenvalue weighted by Gasteiger charge is 2.15. The number of amides is 1. The number of carbonyl (C=O) groups excluding carboxylic acids is 1. The van der Waals surface area contributed by atoms with Gasteiger partial charge < -0.3 is 4.90 Å². The van der Waals surface area contributed by atoms with Gasteiger partial charge in [-0.25, -0.2) is 4.39 Å². The fourth-order valence-electron chi connectivity index (χ4n) is 2.89. The first kappa shape index (κ1) is 17.9. The normalized spacial score (nSPS) is 10.5. The Morgan fingerprint density at radius 2 is 1.31 bits per heavy atom. The van der Waals surface area contributed by atoms with Gasteiger partial charge in [0.15, 0.2) is 0 Å². The summed E-state index contributed by atoms with van der Waals surface area (Å²) >= 11 is 0. The highest BCUT2D eigenvalue weighted by atomic mass is 19.1. The van der Waals surface area contributed by atoms with E-state index in [2.05, 4.69) is 12.1 Å². The largest absolute Gasteiger partial charge is 0.338 e. The van der Waals surface area contributed by atoms with E-state index in [-0.39, 0.29) is 18.1 Å². The predicted molar refractivity (Wildman–Crippen MR) is 102 cm³/mol. The van der Waals surface area contributed by atoms with Crippen molar-refractivity contribution in [3.05, 3.63) is 107 Å².